The van der Waals surface area contributed by atoms with Crippen molar-refractivity contribution >= 4 is 17.5 Å². The molecule has 31 heavy (non-hydrogen) atoms. The third kappa shape index (κ3) is 6.82. The van der Waals surface area contributed by atoms with Crippen molar-refractivity contribution in [3.8, 4) is 5.75 Å². The average molecular weight is 458 g/mol. The SMILES string of the molecule is CC(C)CC(c1cncc(Cl)c1)C(C)NC(=O)C(C)(C)Oc1ccncc1C(F)(F)F. The summed E-state index contributed by atoms with van der Waals surface area (Å²) in [7, 11) is 0. The van der Waals surface area contributed by atoms with Crippen molar-refractivity contribution in [2.45, 2.75) is 64.8 Å². The number of halogens is 4. The van der Waals surface area contributed by atoms with Crippen LogP contribution in [0.1, 0.15) is 58.1 Å². The molecule has 0 aliphatic carbocycles. The second kappa shape index (κ2) is 9.85. The number of carbonyl (C=O) groups is 1. The first kappa shape index (κ1) is 24.9. The molecule has 2 atom stereocenters. The minimum atomic E-state index is -4.65. The van der Waals surface area contributed by atoms with Crippen LogP contribution in [0.25, 0.3) is 0 Å². The lowest BCUT2D eigenvalue weighted by Gasteiger charge is -2.32. The molecule has 9 heteroatoms. The van der Waals surface area contributed by atoms with Gasteiger partial charge in [0, 0.05) is 36.7 Å². The molecule has 0 saturated heterocycles. The summed E-state index contributed by atoms with van der Waals surface area (Å²) in [4.78, 5) is 20.6. The molecule has 2 aromatic heterocycles. The normalized spacial score (nSPS) is 14.3. The highest BCUT2D eigenvalue weighted by Crippen LogP contribution is 2.37. The Hall–Kier alpha value is -2.35. The van der Waals surface area contributed by atoms with Crippen LogP contribution in [0.2, 0.25) is 5.02 Å². The van der Waals surface area contributed by atoms with Gasteiger partial charge in [-0.1, -0.05) is 25.4 Å². The Morgan fingerprint density at radius 1 is 1.16 bits per heavy atom. The van der Waals surface area contributed by atoms with Crippen LogP contribution in [0.5, 0.6) is 5.75 Å². The number of nitrogens with zero attached hydrogens (tertiary/aromatic N) is 2. The van der Waals surface area contributed by atoms with Crippen molar-refractivity contribution in [1.29, 1.82) is 0 Å². The lowest BCUT2D eigenvalue weighted by Crippen LogP contribution is -2.51. The molecule has 2 rings (SSSR count). The largest absolute Gasteiger partial charge is 0.477 e. The van der Waals surface area contributed by atoms with Crippen molar-refractivity contribution in [3.63, 3.8) is 0 Å². The maximum absolute atomic E-state index is 13.2. The van der Waals surface area contributed by atoms with Gasteiger partial charge in [0.05, 0.1) is 5.02 Å². The molecule has 0 spiro atoms. The van der Waals surface area contributed by atoms with Gasteiger partial charge in [0.25, 0.3) is 5.91 Å². The quantitative estimate of drug-likeness (QED) is 0.557. The molecule has 2 aromatic rings. The van der Waals surface area contributed by atoms with Crippen molar-refractivity contribution in [3.05, 3.63) is 53.1 Å². The summed E-state index contributed by atoms with van der Waals surface area (Å²) in [6.07, 6.45) is 1.21. The number of aromatic nitrogens is 2. The topological polar surface area (TPSA) is 64.1 Å². The Balaban J connectivity index is 2.21. The van der Waals surface area contributed by atoms with Crippen molar-refractivity contribution in [2.24, 2.45) is 5.92 Å². The first-order chi connectivity index (χ1) is 14.3. The third-order valence-corrected chi connectivity index (χ3v) is 5.05. The number of ether oxygens (including phenoxy) is 1. The molecule has 0 aliphatic rings. The molecule has 0 aliphatic heterocycles. The Morgan fingerprint density at radius 2 is 1.84 bits per heavy atom. The fraction of sp³-hybridized carbons (Fsp3) is 0.500. The van der Waals surface area contributed by atoms with Gasteiger partial charge in [0.2, 0.25) is 0 Å². The molecule has 2 unspecified atom stereocenters. The Labute approximate surface area is 185 Å². The van der Waals surface area contributed by atoms with Crippen molar-refractivity contribution in [2.75, 3.05) is 0 Å². The third-order valence-electron chi connectivity index (χ3n) is 4.84. The van der Waals surface area contributed by atoms with Crippen LogP contribution in [-0.4, -0.2) is 27.5 Å². The van der Waals surface area contributed by atoms with E-state index in [0.717, 1.165) is 18.1 Å². The van der Waals surface area contributed by atoms with Gasteiger partial charge >= 0.3 is 6.18 Å². The number of hydrogen-bond donors (Lipinski definition) is 1. The lowest BCUT2D eigenvalue weighted by molar-refractivity contribution is -0.144. The summed E-state index contributed by atoms with van der Waals surface area (Å²) >= 11 is 6.08. The highest BCUT2D eigenvalue weighted by Gasteiger charge is 2.39. The molecular formula is C22H27ClF3N3O2. The standard InChI is InChI=1S/C22H27ClF3N3O2/c1-13(2)8-17(15-9-16(23)11-28-10-15)14(3)29-20(30)21(4,5)31-19-6-7-27-12-18(19)22(24,25)26/h6-7,9-14,17H,8H2,1-5H3,(H,29,30). The number of nitrogens with one attached hydrogen (secondary N) is 1. The van der Waals surface area contributed by atoms with E-state index in [2.05, 4.69) is 29.1 Å². The van der Waals surface area contributed by atoms with Crippen LogP contribution in [0.3, 0.4) is 0 Å². The first-order valence-electron chi connectivity index (χ1n) is 9.93. The molecule has 2 heterocycles. The number of pyridine rings is 2. The summed E-state index contributed by atoms with van der Waals surface area (Å²) < 4.78 is 45.2. The zero-order chi connectivity index (χ0) is 23.4. The maximum atomic E-state index is 13.2. The molecule has 0 fully saturated rings. The minimum Gasteiger partial charge on any atom is -0.477 e. The molecule has 1 amide bonds. The van der Waals surface area contributed by atoms with E-state index < -0.39 is 29.0 Å². The predicted molar refractivity (Wildman–Crippen MR) is 113 cm³/mol. The Kier molecular flexibility index (Phi) is 7.92. The Morgan fingerprint density at radius 3 is 2.42 bits per heavy atom. The zero-order valence-electron chi connectivity index (χ0n) is 18.1. The van der Waals surface area contributed by atoms with Gasteiger partial charge in [-0.15, -0.1) is 0 Å². The first-order valence-corrected chi connectivity index (χ1v) is 10.3. The van der Waals surface area contributed by atoms with Crippen LogP contribution >= 0.6 is 11.6 Å². The summed E-state index contributed by atoms with van der Waals surface area (Å²) in [6, 6.07) is 2.57. The monoisotopic (exact) mass is 457 g/mol. The van der Waals surface area contributed by atoms with E-state index in [1.165, 1.54) is 26.2 Å². The molecule has 170 valence electrons. The van der Waals surface area contributed by atoms with E-state index in [1.807, 2.05) is 6.92 Å². The second-order valence-corrected chi connectivity index (χ2v) is 8.85. The number of amides is 1. The minimum absolute atomic E-state index is 0.0855. The Bertz CT molecular complexity index is 904. The predicted octanol–water partition coefficient (Wildman–Crippen LogP) is 5.64. The zero-order valence-corrected chi connectivity index (χ0v) is 18.9. The van der Waals surface area contributed by atoms with Crippen LogP contribution in [0.15, 0.2) is 36.9 Å². The van der Waals surface area contributed by atoms with Crippen LogP contribution in [0, 0.1) is 5.92 Å². The summed E-state index contributed by atoms with van der Waals surface area (Å²) in [5.41, 5.74) is -1.71. The van der Waals surface area contributed by atoms with Gasteiger partial charge < -0.3 is 10.1 Å². The van der Waals surface area contributed by atoms with E-state index in [0.29, 0.717) is 17.1 Å². The van der Waals surface area contributed by atoms with Crippen LogP contribution in [-0.2, 0) is 11.0 Å². The van der Waals surface area contributed by atoms with E-state index in [1.54, 1.807) is 12.3 Å². The number of carbonyl (C=O) groups excluding carboxylic acids is 1. The van der Waals surface area contributed by atoms with Crippen molar-refractivity contribution in [1.82, 2.24) is 15.3 Å². The van der Waals surface area contributed by atoms with Crippen LogP contribution < -0.4 is 10.1 Å². The van der Waals surface area contributed by atoms with E-state index in [-0.39, 0.29) is 12.0 Å². The van der Waals surface area contributed by atoms with E-state index in [4.69, 9.17) is 16.3 Å². The highest BCUT2D eigenvalue weighted by molar-refractivity contribution is 6.30. The average Bonchev–Trinajstić information content (AvgIpc) is 2.65. The molecule has 0 aromatic carbocycles. The van der Waals surface area contributed by atoms with E-state index in [9.17, 15) is 18.0 Å². The van der Waals surface area contributed by atoms with E-state index >= 15 is 0 Å². The van der Waals surface area contributed by atoms with Gasteiger partial charge in [0.1, 0.15) is 11.3 Å². The molecule has 0 radical (unpaired) electrons. The van der Waals surface area contributed by atoms with Crippen molar-refractivity contribution < 1.29 is 22.7 Å². The second-order valence-electron chi connectivity index (χ2n) is 8.42. The van der Waals surface area contributed by atoms with Crippen LogP contribution in [0.4, 0.5) is 13.2 Å². The summed E-state index contributed by atoms with van der Waals surface area (Å²) in [5.74, 6) is -0.738. The van der Waals surface area contributed by atoms with Gasteiger partial charge in [-0.05, 0) is 50.8 Å². The fourth-order valence-corrected chi connectivity index (χ4v) is 3.44. The number of alkyl halides is 3. The maximum Gasteiger partial charge on any atom is 0.421 e. The molecule has 5 nitrogen and oxygen atoms in total. The summed E-state index contributed by atoms with van der Waals surface area (Å²) in [6.45, 7) is 8.82. The molecule has 0 bridgehead atoms. The number of hydrogen-bond acceptors (Lipinski definition) is 4. The van der Waals surface area contributed by atoms with Gasteiger partial charge in [-0.25, -0.2) is 0 Å². The van der Waals surface area contributed by atoms with Gasteiger partial charge in [0.15, 0.2) is 5.60 Å². The lowest BCUT2D eigenvalue weighted by atomic mass is 9.85. The fourth-order valence-electron chi connectivity index (χ4n) is 3.25. The molecular weight excluding hydrogens is 431 g/mol. The molecule has 0 saturated carbocycles. The van der Waals surface area contributed by atoms with Gasteiger partial charge in [-0.3, -0.25) is 14.8 Å². The smallest absolute Gasteiger partial charge is 0.421 e. The summed E-state index contributed by atoms with van der Waals surface area (Å²) in [5, 5.41) is 3.38. The highest BCUT2D eigenvalue weighted by atomic mass is 35.5. The van der Waals surface area contributed by atoms with Gasteiger partial charge in [-0.2, -0.15) is 13.2 Å². The molecule has 1 N–H and O–H groups in total. The number of rotatable bonds is 8.